The van der Waals surface area contributed by atoms with E-state index in [4.69, 9.17) is 0 Å². The Bertz CT molecular complexity index is 641. The Morgan fingerprint density at radius 2 is 2.00 bits per heavy atom. The molecule has 0 aliphatic heterocycles. The van der Waals surface area contributed by atoms with Gasteiger partial charge >= 0.3 is 5.91 Å². The monoisotopic (exact) mass is 250 g/mol. The summed E-state index contributed by atoms with van der Waals surface area (Å²) in [6, 6.07) is 3.22. The van der Waals surface area contributed by atoms with Crippen molar-refractivity contribution in [2.24, 2.45) is 4.99 Å². The van der Waals surface area contributed by atoms with E-state index in [-0.39, 0.29) is 5.69 Å². The van der Waals surface area contributed by atoms with Crippen LogP contribution in [0.25, 0.3) is 5.69 Å². The number of hydrogen-bond acceptors (Lipinski definition) is 4. The fraction of sp³-hybridized carbons (Fsp3) is 0. The first-order valence-electron chi connectivity index (χ1n) is 4.62. The van der Waals surface area contributed by atoms with Gasteiger partial charge < -0.3 is 0 Å². The molecule has 0 atom stereocenters. The highest BCUT2D eigenvalue weighted by Crippen LogP contribution is 2.15. The zero-order valence-corrected chi connectivity index (χ0v) is 8.67. The van der Waals surface area contributed by atoms with Crippen LogP contribution in [0.5, 0.6) is 0 Å². The van der Waals surface area contributed by atoms with Crippen molar-refractivity contribution < 1.29 is 18.4 Å². The molecule has 2 aromatic rings. The second kappa shape index (κ2) is 4.64. The van der Waals surface area contributed by atoms with Gasteiger partial charge in [-0.05, 0) is 12.1 Å². The molecule has 0 aliphatic rings. The summed E-state index contributed by atoms with van der Waals surface area (Å²) < 4.78 is 26.8. The number of aromatic nitrogens is 3. The molecular formula is C10H4F2N4O2. The Labute approximate surface area is 98.6 Å². The summed E-state index contributed by atoms with van der Waals surface area (Å²) in [6.07, 6.45) is 1.98. The molecule has 0 spiro atoms. The Balaban J connectivity index is 2.47. The van der Waals surface area contributed by atoms with Crippen LogP contribution in [0.4, 0.5) is 8.78 Å². The van der Waals surface area contributed by atoms with Crippen molar-refractivity contribution in [2.45, 2.75) is 0 Å². The number of rotatable bonds is 2. The predicted molar refractivity (Wildman–Crippen MR) is 53.7 cm³/mol. The van der Waals surface area contributed by atoms with Crippen molar-refractivity contribution in [3.05, 3.63) is 41.7 Å². The Morgan fingerprint density at radius 3 is 2.61 bits per heavy atom. The molecular weight excluding hydrogens is 246 g/mol. The van der Waals surface area contributed by atoms with Crippen LogP contribution in [0.1, 0.15) is 10.5 Å². The number of carbonyl (C=O) groups is 1. The fourth-order valence-electron chi connectivity index (χ4n) is 1.25. The minimum atomic E-state index is -0.993. The van der Waals surface area contributed by atoms with Crippen LogP contribution in [0.2, 0.25) is 0 Å². The molecule has 0 saturated heterocycles. The van der Waals surface area contributed by atoms with E-state index >= 15 is 0 Å². The van der Waals surface area contributed by atoms with Crippen molar-refractivity contribution in [1.29, 1.82) is 0 Å². The molecule has 0 bridgehead atoms. The number of halogens is 2. The minimum Gasteiger partial charge on any atom is -0.264 e. The first-order chi connectivity index (χ1) is 8.63. The lowest BCUT2D eigenvalue weighted by molar-refractivity contribution is 0.0997. The van der Waals surface area contributed by atoms with Gasteiger partial charge in [-0.2, -0.15) is 5.10 Å². The molecule has 1 aromatic heterocycles. The van der Waals surface area contributed by atoms with Gasteiger partial charge in [0, 0.05) is 0 Å². The van der Waals surface area contributed by atoms with Gasteiger partial charge in [0.2, 0.25) is 6.08 Å². The molecule has 2 rings (SSSR count). The van der Waals surface area contributed by atoms with Crippen LogP contribution in [-0.2, 0) is 4.79 Å². The standard InChI is InChI=1S/C10H4F2N4O2/c11-6-2-1-3-7(12)9(6)16-14-4-8(15-16)10(18)13-5-17/h1-4H. The Hall–Kier alpha value is -2.73. The van der Waals surface area contributed by atoms with Crippen molar-refractivity contribution in [1.82, 2.24) is 15.0 Å². The molecule has 0 N–H and O–H groups in total. The third-order valence-corrected chi connectivity index (χ3v) is 2.00. The normalized spacial score (nSPS) is 9.89. The highest BCUT2D eigenvalue weighted by Gasteiger charge is 2.16. The topological polar surface area (TPSA) is 77.2 Å². The van der Waals surface area contributed by atoms with E-state index < -0.39 is 23.2 Å². The van der Waals surface area contributed by atoms with Gasteiger partial charge in [0.25, 0.3) is 0 Å². The van der Waals surface area contributed by atoms with Crippen molar-refractivity contribution in [3.8, 4) is 5.69 Å². The molecule has 8 heteroatoms. The smallest absolute Gasteiger partial charge is 0.264 e. The van der Waals surface area contributed by atoms with Gasteiger partial charge in [-0.1, -0.05) is 6.07 Å². The van der Waals surface area contributed by atoms with E-state index in [9.17, 15) is 18.4 Å². The molecule has 0 aliphatic carbocycles. The lowest BCUT2D eigenvalue weighted by Crippen LogP contribution is -2.06. The summed E-state index contributed by atoms with van der Waals surface area (Å²) in [7, 11) is 0. The molecule has 0 saturated carbocycles. The molecule has 18 heavy (non-hydrogen) atoms. The number of nitrogens with zero attached hydrogens (tertiary/aromatic N) is 4. The van der Waals surface area contributed by atoms with Crippen LogP contribution in [0.3, 0.4) is 0 Å². The first-order valence-corrected chi connectivity index (χ1v) is 4.62. The van der Waals surface area contributed by atoms with Crippen LogP contribution in [0.15, 0.2) is 29.4 Å². The zero-order valence-electron chi connectivity index (χ0n) is 8.67. The second-order valence-corrected chi connectivity index (χ2v) is 3.10. The number of para-hydroxylation sites is 1. The van der Waals surface area contributed by atoms with E-state index in [0.717, 1.165) is 24.4 Å². The van der Waals surface area contributed by atoms with Gasteiger partial charge in [-0.25, -0.2) is 13.6 Å². The van der Waals surface area contributed by atoms with E-state index in [2.05, 4.69) is 15.2 Å². The van der Waals surface area contributed by atoms with E-state index in [1.807, 2.05) is 0 Å². The number of amides is 1. The average Bonchev–Trinajstić information content (AvgIpc) is 2.78. The number of isocyanates is 1. The highest BCUT2D eigenvalue weighted by atomic mass is 19.1. The maximum Gasteiger partial charge on any atom is 0.309 e. The molecule has 90 valence electrons. The molecule has 0 unspecified atom stereocenters. The third-order valence-electron chi connectivity index (χ3n) is 2.00. The van der Waals surface area contributed by atoms with Gasteiger partial charge in [-0.3, -0.25) is 4.79 Å². The van der Waals surface area contributed by atoms with Crippen molar-refractivity contribution in [3.63, 3.8) is 0 Å². The van der Waals surface area contributed by atoms with Gasteiger partial charge in [-0.15, -0.1) is 14.9 Å². The maximum absolute atomic E-state index is 13.4. The predicted octanol–water partition coefficient (Wildman–Crippen LogP) is 1.02. The molecule has 1 amide bonds. The van der Waals surface area contributed by atoms with Crippen LogP contribution >= 0.6 is 0 Å². The van der Waals surface area contributed by atoms with E-state index in [0.29, 0.717) is 4.80 Å². The number of benzene rings is 1. The molecule has 0 radical (unpaired) electrons. The average molecular weight is 250 g/mol. The van der Waals surface area contributed by atoms with Crippen LogP contribution in [-0.4, -0.2) is 27.0 Å². The van der Waals surface area contributed by atoms with Crippen molar-refractivity contribution >= 4 is 12.0 Å². The van der Waals surface area contributed by atoms with Gasteiger partial charge in [0.05, 0.1) is 6.20 Å². The number of aliphatic imine (C=N–C) groups is 1. The van der Waals surface area contributed by atoms with E-state index in [1.54, 1.807) is 0 Å². The number of carbonyl (C=O) groups excluding carboxylic acids is 2. The van der Waals surface area contributed by atoms with Crippen LogP contribution < -0.4 is 0 Å². The molecule has 6 nitrogen and oxygen atoms in total. The summed E-state index contributed by atoms with van der Waals surface area (Å²) in [5.41, 5.74) is -0.840. The SMILES string of the molecule is O=C=NC(=O)c1cnn(-c2c(F)cccc2F)n1. The quantitative estimate of drug-likeness (QED) is 0.589. The van der Waals surface area contributed by atoms with Crippen molar-refractivity contribution in [2.75, 3.05) is 0 Å². The van der Waals surface area contributed by atoms with Gasteiger partial charge in [0.15, 0.2) is 23.0 Å². The van der Waals surface area contributed by atoms with E-state index in [1.165, 1.54) is 6.07 Å². The lowest BCUT2D eigenvalue weighted by atomic mass is 10.3. The Morgan fingerprint density at radius 1 is 1.33 bits per heavy atom. The number of hydrogen-bond donors (Lipinski definition) is 0. The summed E-state index contributed by atoms with van der Waals surface area (Å²) >= 11 is 0. The highest BCUT2D eigenvalue weighted by molar-refractivity contribution is 5.95. The Kier molecular flexibility index (Phi) is 3.03. The molecule has 0 fully saturated rings. The molecule has 1 heterocycles. The summed E-state index contributed by atoms with van der Waals surface area (Å²) in [5, 5.41) is 7.05. The summed E-state index contributed by atoms with van der Waals surface area (Å²) in [6.45, 7) is 0. The fourth-order valence-corrected chi connectivity index (χ4v) is 1.25. The minimum absolute atomic E-state index is 0.319. The maximum atomic E-state index is 13.4. The third kappa shape index (κ3) is 2.04. The first kappa shape index (κ1) is 11.7. The summed E-state index contributed by atoms with van der Waals surface area (Å²) in [4.78, 5) is 24.4. The molecule has 1 aromatic carbocycles. The zero-order chi connectivity index (χ0) is 13.1. The van der Waals surface area contributed by atoms with Gasteiger partial charge in [0.1, 0.15) is 0 Å². The van der Waals surface area contributed by atoms with Crippen LogP contribution in [0, 0.1) is 11.6 Å². The lowest BCUT2D eigenvalue weighted by Gasteiger charge is -2.01. The second-order valence-electron chi connectivity index (χ2n) is 3.10. The largest absolute Gasteiger partial charge is 0.309 e. The summed E-state index contributed by atoms with van der Waals surface area (Å²) in [5.74, 6) is -2.76.